The smallest absolute Gasteiger partial charge is 0.274 e. The van der Waals surface area contributed by atoms with Crippen LogP contribution in [0.3, 0.4) is 0 Å². The summed E-state index contributed by atoms with van der Waals surface area (Å²) in [6.07, 6.45) is 10.3. The summed E-state index contributed by atoms with van der Waals surface area (Å²) in [7, 11) is 3.34. The first-order valence-electron chi connectivity index (χ1n) is 16.0. The molecule has 1 N–H and O–H groups in total. The summed E-state index contributed by atoms with van der Waals surface area (Å²) >= 11 is 0. The first kappa shape index (κ1) is 30.4. The zero-order chi connectivity index (χ0) is 31.3. The third-order valence-electron chi connectivity index (χ3n) is 9.11. The van der Waals surface area contributed by atoms with Gasteiger partial charge in [0.15, 0.2) is 0 Å². The molecule has 2 heterocycles. The summed E-state index contributed by atoms with van der Waals surface area (Å²) in [5.41, 5.74) is 7.47. The number of benzene rings is 3. The van der Waals surface area contributed by atoms with E-state index in [0.717, 1.165) is 63.4 Å². The van der Waals surface area contributed by atoms with Crippen molar-refractivity contribution in [2.45, 2.75) is 65.3 Å². The van der Waals surface area contributed by atoms with Crippen LogP contribution in [-0.2, 0) is 13.0 Å². The maximum absolute atomic E-state index is 13.9. The van der Waals surface area contributed by atoms with Crippen LogP contribution in [0.15, 0.2) is 72.9 Å². The van der Waals surface area contributed by atoms with Crippen LogP contribution in [0.25, 0.3) is 22.2 Å². The van der Waals surface area contributed by atoms with E-state index in [1.54, 1.807) is 14.2 Å². The van der Waals surface area contributed by atoms with Gasteiger partial charge in [0.05, 0.1) is 19.9 Å². The van der Waals surface area contributed by atoms with Crippen LogP contribution >= 0.6 is 0 Å². The predicted molar refractivity (Wildman–Crippen MR) is 180 cm³/mol. The summed E-state index contributed by atoms with van der Waals surface area (Å²) in [5.74, 6) is 2.18. The number of hydrogen-bond acceptors (Lipinski definition) is 5. The van der Waals surface area contributed by atoms with Gasteiger partial charge in [-0.25, -0.2) is 9.97 Å². The van der Waals surface area contributed by atoms with E-state index in [2.05, 4.69) is 46.1 Å². The fraction of sp³-hybridized carbons (Fsp3) is 0.342. The van der Waals surface area contributed by atoms with Crippen LogP contribution in [-0.4, -0.2) is 34.7 Å². The Labute approximate surface area is 265 Å². The highest BCUT2D eigenvalue weighted by Crippen LogP contribution is 2.38. The van der Waals surface area contributed by atoms with Crippen molar-refractivity contribution in [3.05, 3.63) is 101 Å². The minimum absolute atomic E-state index is 0.255. The normalized spacial score (nSPS) is 13.6. The number of ether oxygens (including phenoxy) is 2. The second-order valence-corrected chi connectivity index (χ2v) is 12.2. The molecule has 0 atom stereocenters. The number of anilines is 1. The van der Waals surface area contributed by atoms with Gasteiger partial charge in [0.1, 0.15) is 17.2 Å². The van der Waals surface area contributed by atoms with Crippen molar-refractivity contribution < 1.29 is 14.3 Å². The Kier molecular flexibility index (Phi) is 9.15. The molecule has 1 amide bonds. The van der Waals surface area contributed by atoms with Gasteiger partial charge in [0, 0.05) is 29.2 Å². The van der Waals surface area contributed by atoms with Gasteiger partial charge < -0.3 is 14.0 Å². The van der Waals surface area contributed by atoms with Gasteiger partial charge in [0.2, 0.25) is 5.95 Å². The van der Waals surface area contributed by atoms with Gasteiger partial charge in [-0.2, -0.15) is 0 Å². The maximum Gasteiger partial charge on any atom is 0.274 e. The highest BCUT2D eigenvalue weighted by atomic mass is 16.5. The standard InChI is InChI=1S/C38H42N4O3/c1-25-14-16-28(17-15-25)24-42-32-13-9-8-12-29(32)21-33(42)37(43)41-38-39-23-30(19-18-27-10-6-5-7-11-27)36(40-38)31-22-34(44-3)26(2)20-35(31)45-4/h8-9,12-17,20-23,27H,5-7,10-11,18-19,24H2,1-4H3,(H,39,40,41,43). The number of methoxy groups -OCH3 is 2. The molecule has 232 valence electrons. The number of nitrogens with zero attached hydrogens (tertiary/aromatic N) is 3. The summed E-state index contributed by atoms with van der Waals surface area (Å²) in [5, 5.41) is 4.03. The summed E-state index contributed by atoms with van der Waals surface area (Å²) in [4.78, 5) is 23.6. The van der Waals surface area contributed by atoms with Gasteiger partial charge in [0.25, 0.3) is 5.91 Å². The molecule has 0 unspecified atom stereocenters. The Bertz CT molecular complexity index is 1800. The van der Waals surface area contributed by atoms with Crippen molar-refractivity contribution in [3.8, 4) is 22.8 Å². The molecule has 1 saturated carbocycles. The number of rotatable bonds is 10. The highest BCUT2D eigenvalue weighted by Gasteiger charge is 2.22. The number of aromatic nitrogens is 3. The number of para-hydroxylation sites is 1. The van der Waals surface area contributed by atoms with E-state index in [0.29, 0.717) is 18.0 Å². The quantitative estimate of drug-likeness (QED) is 0.173. The Balaban J connectivity index is 1.36. The molecule has 45 heavy (non-hydrogen) atoms. The van der Waals surface area contributed by atoms with Crippen LogP contribution in [0.2, 0.25) is 0 Å². The lowest BCUT2D eigenvalue weighted by Crippen LogP contribution is -2.19. The Hall–Kier alpha value is -4.65. The molecule has 7 heteroatoms. The van der Waals surface area contributed by atoms with Crippen molar-refractivity contribution in [1.29, 1.82) is 0 Å². The van der Waals surface area contributed by atoms with Gasteiger partial charge >= 0.3 is 0 Å². The second kappa shape index (κ2) is 13.6. The van der Waals surface area contributed by atoms with Crippen molar-refractivity contribution in [2.75, 3.05) is 19.5 Å². The van der Waals surface area contributed by atoms with E-state index >= 15 is 0 Å². The monoisotopic (exact) mass is 602 g/mol. The van der Waals surface area contributed by atoms with Gasteiger partial charge in [-0.3, -0.25) is 10.1 Å². The molecule has 0 saturated heterocycles. The lowest BCUT2D eigenvalue weighted by Gasteiger charge is -2.22. The van der Waals surface area contributed by atoms with E-state index in [-0.39, 0.29) is 11.9 Å². The minimum atomic E-state index is -0.257. The lowest BCUT2D eigenvalue weighted by atomic mass is 9.85. The van der Waals surface area contributed by atoms with Crippen LogP contribution in [0, 0.1) is 19.8 Å². The van der Waals surface area contributed by atoms with E-state index < -0.39 is 0 Å². The molecule has 5 aromatic rings. The topological polar surface area (TPSA) is 78.3 Å². The fourth-order valence-corrected chi connectivity index (χ4v) is 6.56. The Morgan fingerprint density at radius 1 is 0.933 bits per heavy atom. The summed E-state index contributed by atoms with van der Waals surface area (Å²) in [6.45, 7) is 4.64. The average Bonchev–Trinajstić information content (AvgIpc) is 3.43. The molecule has 0 radical (unpaired) electrons. The van der Waals surface area contributed by atoms with Gasteiger partial charge in [-0.1, -0.05) is 80.1 Å². The second-order valence-electron chi connectivity index (χ2n) is 12.2. The molecular formula is C38H42N4O3. The molecule has 1 aliphatic carbocycles. The Morgan fingerprint density at radius 3 is 2.44 bits per heavy atom. The zero-order valence-electron chi connectivity index (χ0n) is 26.7. The van der Waals surface area contributed by atoms with E-state index in [1.807, 2.05) is 55.6 Å². The van der Waals surface area contributed by atoms with Gasteiger partial charge in [-0.15, -0.1) is 0 Å². The minimum Gasteiger partial charge on any atom is -0.496 e. The molecule has 2 aromatic heterocycles. The van der Waals surface area contributed by atoms with Crippen molar-refractivity contribution >= 4 is 22.8 Å². The van der Waals surface area contributed by atoms with Gasteiger partial charge in [-0.05, 0) is 73.6 Å². The third-order valence-corrected chi connectivity index (χ3v) is 9.11. The Morgan fingerprint density at radius 2 is 1.69 bits per heavy atom. The van der Waals surface area contributed by atoms with E-state index in [4.69, 9.17) is 14.5 Å². The fourth-order valence-electron chi connectivity index (χ4n) is 6.56. The SMILES string of the molecule is COc1cc(-c2nc(NC(=O)c3cc4ccccc4n3Cc3ccc(C)cc3)ncc2CCC2CCCCC2)c(OC)cc1C. The maximum atomic E-state index is 13.9. The number of amides is 1. The first-order valence-corrected chi connectivity index (χ1v) is 16.0. The molecule has 0 bridgehead atoms. The first-order chi connectivity index (χ1) is 21.9. The molecule has 3 aromatic carbocycles. The number of hydrogen-bond donors (Lipinski definition) is 1. The van der Waals surface area contributed by atoms with Crippen LogP contribution in [0.4, 0.5) is 5.95 Å². The number of carbonyl (C=O) groups is 1. The molecule has 1 fully saturated rings. The van der Waals surface area contributed by atoms with Crippen LogP contribution in [0.1, 0.15) is 71.3 Å². The van der Waals surface area contributed by atoms with E-state index in [9.17, 15) is 4.79 Å². The molecule has 0 aliphatic heterocycles. The number of carbonyl (C=O) groups excluding carboxylic acids is 1. The molecule has 6 rings (SSSR count). The molecule has 7 nitrogen and oxygen atoms in total. The molecule has 1 aliphatic rings. The van der Waals surface area contributed by atoms with Crippen LogP contribution < -0.4 is 14.8 Å². The van der Waals surface area contributed by atoms with Crippen molar-refractivity contribution in [3.63, 3.8) is 0 Å². The number of nitrogens with one attached hydrogen (secondary N) is 1. The molecule has 0 spiro atoms. The number of fused-ring (bicyclic) bond motifs is 1. The largest absolute Gasteiger partial charge is 0.496 e. The highest BCUT2D eigenvalue weighted by molar-refractivity contribution is 6.05. The average molecular weight is 603 g/mol. The van der Waals surface area contributed by atoms with Crippen molar-refractivity contribution in [1.82, 2.24) is 14.5 Å². The number of aryl methyl sites for hydroxylation is 3. The summed E-state index contributed by atoms with van der Waals surface area (Å²) < 4.78 is 13.6. The van der Waals surface area contributed by atoms with Crippen LogP contribution in [0.5, 0.6) is 11.5 Å². The predicted octanol–water partition coefficient (Wildman–Crippen LogP) is 8.55. The van der Waals surface area contributed by atoms with Crippen molar-refractivity contribution in [2.24, 2.45) is 5.92 Å². The summed E-state index contributed by atoms with van der Waals surface area (Å²) in [6, 6.07) is 22.4. The van der Waals surface area contributed by atoms with E-state index in [1.165, 1.54) is 37.7 Å². The zero-order valence-corrected chi connectivity index (χ0v) is 26.7. The lowest BCUT2D eigenvalue weighted by molar-refractivity contribution is 0.101. The molecular weight excluding hydrogens is 560 g/mol. The third kappa shape index (κ3) is 6.72.